The fourth-order valence-electron chi connectivity index (χ4n) is 3.61. The molecule has 3 aromatic rings. The van der Waals surface area contributed by atoms with Crippen LogP contribution in [0.25, 0.3) is 0 Å². The fraction of sp³-hybridized carbons (Fsp3) is 0.136. The zero-order valence-electron chi connectivity index (χ0n) is 14.1. The van der Waals surface area contributed by atoms with Gasteiger partial charge in [0.2, 0.25) is 0 Å². The van der Waals surface area contributed by atoms with Crippen molar-refractivity contribution >= 4 is 35.1 Å². The third-order valence-electron chi connectivity index (χ3n) is 4.74. The SMILES string of the molecule is O=C(O)CC[CH2][Sn]([c]1ccccc1)([c]1ccccc1)[c]1ccccc1. The van der Waals surface area contributed by atoms with Crippen LogP contribution in [0, 0.1) is 0 Å². The summed E-state index contributed by atoms with van der Waals surface area (Å²) in [7, 11) is 0. The third kappa shape index (κ3) is 3.95. The molecule has 0 aliphatic rings. The van der Waals surface area contributed by atoms with E-state index in [2.05, 4.69) is 72.8 Å². The Morgan fingerprint density at radius 2 is 1.04 bits per heavy atom. The summed E-state index contributed by atoms with van der Waals surface area (Å²) in [5.41, 5.74) is 0. The first-order valence-corrected chi connectivity index (χ1v) is 14.9. The van der Waals surface area contributed by atoms with Crippen LogP contribution in [0.4, 0.5) is 0 Å². The standard InChI is InChI=1S/3C6H5.C4H7O2.Sn/c3*1-2-4-6-5-3-1;1-2-3-4(5)6;/h3*1-5H;1-3H2,(H,5,6);. The quantitative estimate of drug-likeness (QED) is 0.578. The monoisotopic (exact) mass is 438 g/mol. The van der Waals surface area contributed by atoms with Crippen molar-refractivity contribution < 1.29 is 9.90 Å². The number of carboxylic acid groups (broad SMARTS) is 1. The summed E-state index contributed by atoms with van der Waals surface area (Å²) in [5, 5.41) is 9.15. The first kappa shape index (κ1) is 17.7. The average molecular weight is 437 g/mol. The molecule has 25 heavy (non-hydrogen) atoms. The van der Waals surface area contributed by atoms with Crippen molar-refractivity contribution in [2.45, 2.75) is 17.3 Å². The van der Waals surface area contributed by atoms with Crippen LogP contribution < -0.4 is 10.7 Å². The second kappa shape index (κ2) is 8.34. The second-order valence-corrected chi connectivity index (χ2v) is 17.8. The van der Waals surface area contributed by atoms with E-state index in [4.69, 9.17) is 5.11 Å². The molecule has 0 bridgehead atoms. The molecule has 0 fully saturated rings. The van der Waals surface area contributed by atoms with Crippen LogP contribution in [-0.2, 0) is 4.79 Å². The maximum atomic E-state index is 11.1. The van der Waals surface area contributed by atoms with Gasteiger partial charge in [-0.15, -0.1) is 0 Å². The molecule has 3 heteroatoms. The molecule has 3 rings (SSSR count). The van der Waals surface area contributed by atoms with E-state index >= 15 is 0 Å². The number of hydrogen-bond donors (Lipinski definition) is 1. The van der Waals surface area contributed by atoms with Gasteiger partial charge in [-0.25, -0.2) is 0 Å². The molecule has 126 valence electrons. The molecule has 0 aliphatic heterocycles. The molecule has 0 unspecified atom stereocenters. The van der Waals surface area contributed by atoms with Gasteiger partial charge in [0.1, 0.15) is 0 Å². The molecule has 1 N–H and O–H groups in total. The number of hydrogen-bond acceptors (Lipinski definition) is 1. The van der Waals surface area contributed by atoms with Crippen molar-refractivity contribution in [2.24, 2.45) is 0 Å². The molecular formula is C22H22O2Sn. The summed E-state index contributed by atoms with van der Waals surface area (Å²) in [6, 6.07) is 32.2. The topological polar surface area (TPSA) is 37.3 Å². The first-order valence-electron chi connectivity index (χ1n) is 8.62. The Labute approximate surface area is 153 Å². The van der Waals surface area contributed by atoms with Gasteiger partial charge in [-0.1, -0.05) is 0 Å². The van der Waals surface area contributed by atoms with E-state index in [9.17, 15) is 4.79 Å². The van der Waals surface area contributed by atoms with Gasteiger partial charge in [-0.2, -0.15) is 0 Å². The van der Waals surface area contributed by atoms with Gasteiger partial charge in [0.05, 0.1) is 0 Å². The zero-order valence-corrected chi connectivity index (χ0v) is 17.0. The molecule has 2 nitrogen and oxygen atoms in total. The third-order valence-corrected chi connectivity index (χ3v) is 19.2. The summed E-state index contributed by atoms with van der Waals surface area (Å²) in [4.78, 5) is 11.1. The van der Waals surface area contributed by atoms with Crippen molar-refractivity contribution in [1.82, 2.24) is 0 Å². The van der Waals surface area contributed by atoms with Crippen molar-refractivity contribution in [3.63, 3.8) is 0 Å². The maximum absolute atomic E-state index is 11.1. The number of carbonyl (C=O) groups is 1. The van der Waals surface area contributed by atoms with Gasteiger partial charge >= 0.3 is 153 Å². The molecule has 0 spiro atoms. The molecule has 0 saturated heterocycles. The molecule has 0 aromatic heterocycles. The van der Waals surface area contributed by atoms with Crippen molar-refractivity contribution in [1.29, 1.82) is 0 Å². The summed E-state index contributed by atoms with van der Waals surface area (Å²) in [5.74, 6) is -0.714. The van der Waals surface area contributed by atoms with E-state index in [1.165, 1.54) is 10.7 Å². The van der Waals surface area contributed by atoms with Crippen LogP contribution >= 0.6 is 0 Å². The number of aliphatic carboxylic acids is 1. The molecular weight excluding hydrogens is 415 g/mol. The molecule has 0 aliphatic carbocycles. The fourth-order valence-corrected chi connectivity index (χ4v) is 17.5. The van der Waals surface area contributed by atoms with Crippen LogP contribution in [0.2, 0.25) is 4.44 Å². The van der Waals surface area contributed by atoms with Gasteiger partial charge in [0.25, 0.3) is 0 Å². The van der Waals surface area contributed by atoms with Crippen molar-refractivity contribution in [2.75, 3.05) is 0 Å². The van der Waals surface area contributed by atoms with E-state index in [1.807, 2.05) is 18.2 Å². The minimum atomic E-state index is -3.23. The van der Waals surface area contributed by atoms with Gasteiger partial charge < -0.3 is 0 Å². The van der Waals surface area contributed by atoms with Crippen LogP contribution in [0.5, 0.6) is 0 Å². The van der Waals surface area contributed by atoms with Crippen LogP contribution in [0.15, 0.2) is 91.0 Å². The molecule has 0 saturated carbocycles. The van der Waals surface area contributed by atoms with E-state index in [1.54, 1.807) is 0 Å². The first-order chi connectivity index (χ1) is 12.2. The molecule has 0 amide bonds. The van der Waals surface area contributed by atoms with E-state index in [0.29, 0.717) is 6.42 Å². The van der Waals surface area contributed by atoms with E-state index in [0.717, 1.165) is 4.44 Å². The molecule has 0 radical (unpaired) electrons. The van der Waals surface area contributed by atoms with E-state index < -0.39 is 24.3 Å². The van der Waals surface area contributed by atoms with Crippen LogP contribution in [-0.4, -0.2) is 29.5 Å². The number of rotatable bonds is 7. The van der Waals surface area contributed by atoms with Gasteiger partial charge in [-0.3, -0.25) is 0 Å². The zero-order chi connectivity index (χ0) is 17.5. The van der Waals surface area contributed by atoms with E-state index in [-0.39, 0.29) is 6.42 Å². The Bertz CT molecular complexity index is 705. The van der Waals surface area contributed by atoms with Crippen LogP contribution in [0.1, 0.15) is 12.8 Å². The van der Waals surface area contributed by atoms with Crippen molar-refractivity contribution in [3.05, 3.63) is 91.0 Å². The number of carboxylic acids is 1. The summed E-state index contributed by atoms with van der Waals surface area (Å²) >= 11 is -3.23. The predicted octanol–water partition coefficient (Wildman–Crippen LogP) is 3.02. The summed E-state index contributed by atoms with van der Waals surface area (Å²) < 4.78 is 5.16. The Morgan fingerprint density at radius 1 is 0.680 bits per heavy atom. The van der Waals surface area contributed by atoms with Crippen molar-refractivity contribution in [3.8, 4) is 0 Å². The average Bonchev–Trinajstić information content (AvgIpc) is 2.67. The molecule has 0 heterocycles. The number of benzene rings is 3. The molecule has 3 aromatic carbocycles. The van der Waals surface area contributed by atoms with Gasteiger partial charge in [0.15, 0.2) is 0 Å². The Morgan fingerprint density at radius 3 is 1.36 bits per heavy atom. The Balaban J connectivity index is 2.18. The normalized spacial score (nSPS) is 11.2. The predicted molar refractivity (Wildman–Crippen MR) is 106 cm³/mol. The van der Waals surface area contributed by atoms with Crippen LogP contribution in [0.3, 0.4) is 0 Å². The van der Waals surface area contributed by atoms with Gasteiger partial charge in [0, 0.05) is 0 Å². The molecule has 0 atom stereocenters. The summed E-state index contributed by atoms with van der Waals surface area (Å²) in [6.07, 6.45) is 0.940. The Kier molecular flexibility index (Phi) is 5.92. The second-order valence-electron chi connectivity index (χ2n) is 6.25. The summed E-state index contributed by atoms with van der Waals surface area (Å²) in [6.45, 7) is 0. The minimum absolute atomic E-state index is 0.227. The van der Waals surface area contributed by atoms with Gasteiger partial charge in [-0.05, 0) is 0 Å². The Hall–Kier alpha value is -2.07.